The van der Waals surface area contributed by atoms with Gasteiger partial charge in [-0.3, -0.25) is 14.7 Å². The highest BCUT2D eigenvalue weighted by Crippen LogP contribution is 2.00. The standard InChI is InChI=1S/C11H19N3O2S/c1-3-17-8-9(2)12-6-7-14-11(16)5-4-10(15)13-14/h4-5,9,12H,3,6-8H2,1-2H3,(H,13,15)/t9-/m0/s1. The molecule has 1 aromatic heterocycles. The lowest BCUT2D eigenvalue weighted by Crippen LogP contribution is -2.36. The Morgan fingerprint density at radius 2 is 2.24 bits per heavy atom. The molecule has 96 valence electrons. The molecule has 5 nitrogen and oxygen atoms in total. The molecule has 2 N–H and O–H groups in total. The van der Waals surface area contributed by atoms with E-state index < -0.39 is 0 Å². The van der Waals surface area contributed by atoms with Crippen molar-refractivity contribution in [2.24, 2.45) is 0 Å². The van der Waals surface area contributed by atoms with Gasteiger partial charge in [-0.15, -0.1) is 0 Å². The summed E-state index contributed by atoms with van der Waals surface area (Å²) >= 11 is 1.88. The van der Waals surface area contributed by atoms with Crippen molar-refractivity contribution in [3.63, 3.8) is 0 Å². The van der Waals surface area contributed by atoms with E-state index in [0.29, 0.717) is 19.1 Å². The third-order valence-corrected chi connectivity index (χ3v) is 3.43. The second-order valence-electron chi connectivity index (χ2n) is 3.81. The second kappa shape index (κ2) is 7.34. The molecule has 1 aromatic rings. The van der Waals surface area contributed by atoms with Gasteiger partial charge >= 0.3 is 0 Å². The zero-order valence-electron chi connectivity index (χ0n) is 10.2. The van der Waals surface area contributed by atoms with E-state index in [0.717, 1.165) is 11.5 Å². The molecule has 1 heterocycles. The van der Waals surface area contributed by atoms with Crippen LogP contribution in [0.2, 0.25) is 0 Å². The lowest BCUT2D eigenvalue weighted by Gasteiger charge is -2.13. The van der Waals surface area contributed by atoms with Crippen LogP contribution in [0.25, 0.3) is 0 Å². The molecule has 6 heteroatoms. The van der Waals surface area contributed by atoms with Gasteiger partial charge in [-0.2, -0.15) is 11.8 Å². The zero-order chi connectivity index (χ0) is 12.7. The number of hydrogen-bond acceptors (Lipinski definition) is 4. The summed E-state index contributed by atoms with van der Waals surface area (Å²) in [7, 11) is 0. The largest absolute Gasteiger partial charge is 0.312 e. The molecule has 0 saturated heterocycles. The van der Waals surface area contributed by atoms with Crippen LogP contribution in [0.3, 0.4) is 0 Å². The van der Waals surface area contributed by atoms with Crippen LogP contribution < -0.4 is 16.4 Å². The predicted octanol–water partition coefficient (Wildman–Crippen LogP) is 0.268. The molecular weight excluding hydrogens is 238 g/mol. The van der Waals surface area contributed by atoms with Crippen LogP contribution in [-0.2, 0) is 6.54 Å². The Morgan fingerprint density at radius 3 is 2.94 bits per heavy atom. The Bertz CT molecular complexity index is 441. The molecule has 0 aliphatic rings. The zero-order valence-corrected chi connectivity index (χ0v) is 11.0. The van der Waals surface area contributed by atoms with Gasteiger partial charge in [0.2, 0.25) is 0 Å². The highest BCUT2D eigenvalue weighted by Gasteiger charge is 2.01. The maximum atomic E-state index is 11.4. The lowest BCUT2D eigenvalue weighted by molar-refractivity contribution is 0.499. The fraction of sp³-hybridized carbons (Fsp3) is 0.636. The SMILES string of the molecule is CCSC[C@H](C)NCCn1[nH]c(=O)ccc1=O. The average Bonchev–Trinajstić information content (AvgIpc) is 2.31. The van der Waals surface area contributed by atoms with Crippen molar-refractivity contribution in [3.05, 3.63) is 32.8 Å². The summed E-state index contributed by atoms with van der Waals surface area (Å²) in [5.74, 6) is 2.16. The normalized spacial score (nSPS) is 12.6. The summed E-state index contributed by atoms with van der Waals surface area (Å²) < 4.78 is 1.33. The summed E-state index contributed by atoms with van der Waals surface area (Å²) in [5.41, 5.74) is -0.429. The van der Waals surface area contributed by atoms with Crippen LogP contribution >= 0.6 is 11.8 Å². The number of nitrogens with one attached hydrogen (secondary N) is 2. The van der Waals surface area contributed by atoms with Gasteiger partial charge in [-0.1, -0.05) is 6.92 Å². The Hall–Kier alpha value is -1.01. The number of nitrogens with zero attached hydrogens (tertiary/aromatic N) is 1. The van der Waals surface area contributed by atoms with E-state index >= 15 is 0 Å². The van der Waals surface area contributed by atoms with E-state index in [2.05, 4.69) is 24.3 Å². The molecule has 0 aromatic carbocycles. The Labute approximate surface area is 105 Å². The molecule has 0 aliphatic heterocycles. The van der Waals surface area contributed by atoms with E-state index in [9.17, 15) is 9.59 Å². The summed E-state index contributed by atoms with van der Waals surface area (Å²) in [5, 5.41) is 5.81. The minimum absolute atomic E-state index is 0.179. The molecule has 0 amide bonds. The summed E-state index contributed by atoms with van der Waals surface area (Å²) in [6.45, 7) is 5.40. The van der Waals surface area contributed by atoms with E-state index in [1.807, 2.05) is 11.8 Å². The molecule has 1 rings (SSSR count). The predicted molar refractivity (Wildman–Crippen MR) is 71.8 cm³/mol. The number of aromatic nitrogens is 2. The summed E-state index contributed by atoms with van der Waals surface area (Å²) in [6, 6.07) is 2.94. The van der Waals surface area contributed by atoms with Gasteiger partial charge in [0.05, 0.1) is 6.54 Å². The molecule has 0 unspecified atom stereocenters. The van der Waals surface area contributed by atoms with Gasteiger partial charge in [0, 0.05) is 30.5 Å². The minimum Gasteiger partial charge on any atom is -0.312 e. The van der Waals surface area contributed by atoms with Crippen LogP contribution in [0.15, 0.2) is 21.7 Å². The number of aromatic amines is 1. The van der Waals surface area contributed by atoms with Gasteiger partial charge in [-0.25, -0.2) is 4.68 Å². The minimum atomic E-state index is -0.251. The molecular formula is C11H19N3O2S. The van der Waals surface area contributed by atoms with E-state index in [1.54, 1.807) is 0 Å². The molecule has 0 radical (unpaired) electrons. The molecule has 1 atom stereocenters. The molecule has 0 bridgehead atoms. The third kappa shape index (κ3) is 5.23. The third-order valence-electron chi connectivity index (χ3n) is 2.29. The van der Waals surface area contributed by atoms with Crippen molar-refractivity contribution in [2.45, 2.75) is 26.4 Å². The first-order valence-corrected chi connectivity index (χ1v) is 6.90. The van der Waals surface area contributed by atoms with Gasteiger partial charge in [0.1, 0.15) is 0 Å². The van der Waals surface area contributed by atoms with Crippen molar-refractivity contribution in [1.29, 1.82) is 0 Å². The maximum Gasteiger partial charge on any atom is 0.265 e. The first-order valence-electron chi connectivity index (χ1n) is 5.74. The maximum absolute atomic E-state index is 11.4. The quantitative estimate of drug-likeness (QED) is 0.736. The fourth-order valence-corrected chi connectivity index (χ4v) is 2.11. The fourth-order valence-electron chi connectivity index (χ4n) is 1.40. The molecule has 0 fully saturated rings. The summed E-state index contributed by atoms with van der Waals surface area (Å²) in [6.07, 6.45) is 0. The highest BCUT2D eigenvalue weighted by molar-refractivity contribution is 7.99. The lowest BCUT2D eigenvalue weighted by atomic mass is 10.4. The first-order chi connectivity index (χ1) is 8.13. The van der Waals surface area contributed by atoms with Crippen molar-refractivity contribution in [1.82, 2.24) is 15.1 Å². The van der Waals surface area contributed by atoms with Gasteiger partial charge < -0.3 is 5.32 Å². The second-order valence-corrected chi connectivity index (χ2v) is 5.13. The van der Waals surface area contributed by atoms with Crippen LogP contribution in [0, 0.1) is 0 Å². The van der Waals surface area contributed by atoms with Crippen LogP contribution in [0.4, 0.5) is 0 Å². The van der Waals surface area contributed by atoms with E-state index in [-0.39, 0.29) is 11.1 Å². The first kappa shape index (κ1) is 14.1. The van der Waals surface area contributed by atoms with E-state index in [4.69, 9.17) is 0 Å². The molecule has 0 saturated carbocycles. The van der Waals surface area contributed by atoms with Gasteiger partial charge in [-0.05, 0) is 12.7 Å². The van der Waals surface area contributed by atoms with Gasteiger partial charge in [0.25, 0.3) is 11.1 Å². The number of rotatable bonds is 7. The Balaban J connectivity index is 2.38. The summed E-state index contributed by atoms with van der Waals surface area (Å²) in [4.78, 5) is 22.4. The number of H-pyrrole nitrogens is 1. The Morgan fingerprint density at radius 1 is 1.47 bits per heavy atom. The van der Waals surface area contributed by atoms with Gasteiger partial charge in [0.15, 0.2) is 0 Å². The van der Waals surface area contributed by atoms with Crippen molar-refractivity contribution in [3.8, 4) is 0 Å². The van der Waals surface area contributed by atoms with Crippen LogP contribution in [-0.4, -0.2) is 33.9 Å². The van der Waals surface area contributed by atoms with Crippen LogP contribution in [0.5, 0.6) is 0 Å². The van der Waals surface area contributed by atoms with Crippen molar-refractivity contribution >= 4 is 11.8 Å². The van der Waals surface area contributed by atoms with Crippen LogP contribution in [0.1, 0.15) is 13.8 Å². The Kier molecular flexibility index (Phi) is 6.07. The number of hydrogen-bond donors (Lipinski definition) is 2. The molecule has 0 aliphatic carbocycles. The smallest absolute Gasteiger partial charge is 0.265 e. The molecule has 17 heavy (non-hydrogen) atoms. The topological polar surface area (TPSA) is 66.9 Å². The average molecular weight is 257 g/mol. The van der Waals surface area contributed by atoms with Crippen molar-refractivity contribution < 1.29 is 0 Å². The van der Waals surface area contributed by atoms with Crippen molar-refractivity contribution in [2.75, 3.05) is 18.1 Å². The monoisotopic (exact) mass is 257 g/mol. The number of thioether (sulfide) groups is 1. The highest BCUT2D eigenvalue weighted by atomic mass is 32.2. The van der Waals surface area contributed by atoms with E-state index in [1.165, 1.54) is 16.8 Å². The molecule has 0 spiro atoms.